The van der Waals surface area contributed by atoms with Gasteiger partial charge >= 0.3 is 11.9 Å². The summed E-state index contributed by atoms with van der Waals surface area (Å²) >= 11 is 0. The molecule has 0 aliphatic rings. The average Bonchev–Trinajstić information content (AvgIpc) is 2.81. The molecule has 2 aromatic rings. The van der Waals surface area contributed by atoms with E-state index in [4.69, 9.17) is 5.11 Å². The number of aromatic nitrogens is 3. The molecule has 2 rings (SSSR count). The van der Waals surface area contributed by atoms with Gasteiger partial charge in [0.1, 0.15) is 5.56 Å². The number of hydrogen-bond acceptors (Lipinski definition) is 5. The summed E-state index contributed by atoms with van der Waals surface area (Å²) in [4.78, 5) is 26.6. The Balaban J connectivity index is 2.47. The van der Waals surface area contributed by atoms with Crippen LogP contribution in [-0.2, 0) is 16.0 Å². The van der Waals surface area contributed by atoms with Crippen molar-refractivity contribution in [1.29, 1.82) is 0 Å². The predicted molar refractivity (Wildman–Crippen MR) is 69.8 cm³/mol. The molecule has 0 aromatic carbocycles. The van der Waals surface area contributed by atoms with Gasteiger partial charge in [-0.3, -0.25) is 4.79 Å². The minimum atomic E-state index is -1.06. The molecule has 0 bridgehead atoms. The lowest BCUT2D eigenvalue weighted by Crippen LogP contribution is -2.09. The van der Waals surface area contributed by atoms with Crippen LogP contribution >= 0.6 is 0 Å². The van der Waals surface area contributed by atoms with Gasteiger partial charge in [-0.15, -0.1) is 0 Å². The van der Waals surface area contributed by atoms with Crippen LogP contribution < -0.4 is 0 Å². The van der Waals surface area contributed by atoms with Crippen molar-refractivity contribution in [2.75, 3.05) is 7.11 Å². The number of methoxy groups -OCH3 is 1. The highest BCUT2D eigenvalue weighted by molar-refractivity contribution is 5.94. The minimum absolute atomic E-state index is 0.0655. The van der Waals surface area contributed by atoms with Crippen LogP contribution in [0.1, 0.15) is 33.7 Å². The van der Waals surface area contributed by atoms with Crippen LogP contribution in [0.2, 0.25) is 0 Å². The fourth-order valence-corrected chi connectivity index (χ4v) is 2.15. The number of ether oxygens (including phenoxy) is 1. The zero-order valence-corrected chi connectivity index (χ0v) is 11.5. The number of aromatic carboxylic acids is 1. The van der Waals surface area contributed by atoms with Crippen molar-refractivity contribution in [2.24, 2.45) is 0 Å². The first kappa shape index (κ1) is 14.0. The van der Waals surface area contributed by atoms with E-state index in [9.17, 15) is 9.59 Å². The van der Waals surface area contributed by atoms with E-state index in [1.165, 1.54) is 17.8 Å². The highest BCUT2D eigenvalue weighted by Gasteiger charge is 2.17. The van der Waals surface area contributed by atoms with Crippen LogP contribution in [0.15, 0.2) is 6.20 Å². The smallest absolute Gasteiger partial charge is 0.341 e. The van der Waals surface area contributed by atoms with Crippen molar-refractivity contribution in [3.8, 4) is 0 Å². The minimum Gasteiger partial charge on any atom is -0.477 e. The quantitative estimate of drug-likeness (QED) is 0.842. The molecule has 0 aliphatic carbocycles. The van der Waals surface area contributed by atoms with E-state index >= 15 is 0 Å². The van der Waals surface area contributed by atoms with Crippen molar-refractivity contribution >= 4 is 17.6 Å². The summed E-state index contributed by atoms with van der Waals surface area (Å²) in [5, 5.41) is 13.1. The van der Waals surface area contributed by atoms with Gasteiger partial charge in [-0.05, 0) is 25.8 Å². The molecule has 0 unspecified atom stereocenters. The predicted octanol–water partition coefficient (Wildman–Crippen LogP) is 1.15. The van der Waals surface area contributed by atoms with Gasteiger partial charge in [0, 0.05) is 17.8 Å². The fraction of sp³-hybridized carbons (Fsp3) is 0.385. The zero-order chi connectivity index (χ0) is 14.9. The second-order valence-electron chi connectivity index (χ2n) is 4.44. The monoisotopic (exact) mass is 277 g/mol. The van der Waals surface area contributed by atoms with Gasteiger partial charge in [0.25, 0.3) is 0 Å². The van der Waals surface area contributed by atoms with Crippen LogP contribution in [0.25, 0.3) is 5.65 Å². The number of hydrogen-bond donors (Lipinski definition) is 1. The first-order chi connectivity index (χ1) is 9.45. The van der Waals surface area contributed by atoms with E-state index in [1.807, 2.05) is 6.92 Å². The van der Waals surface area contributed by atoms with Gasteiger partial charge in [-0.1, -0.05) is 0 Å². The second-order valence-corrected chi connectivity index (χ2v) is 4.44. The van der Waals surface area contributed by atoms with Crippen LogP contribution in [0.4, 0.5) is 0 Å². The Labute approximate surface area is 115 Å². The number of carbonyl (C=O) groups is 2. The Hall–Kier alpha value is -2.44. The van der Waals surface area contributed by atoms with Crippen molar-refractivity contribution in [3.63, 3.8) is 0 Å². The van der Waals surface area contributed by atoms with Gasteiger partial charge in [-0.25, -0.2) is 14.3 Å². The summed E-state index contributed by atoms with van der Waals surface area (Å²) < 4.78 is 6.10. The Morgan fingerprint density at radius 2 is 2.10 bits per heavy atom. The number of aryl methyl sites for hydroxylation is 2. The highest BCUT2D eigenvalue weighted by atomic mass is 16.5. The lowest BCUT2D eigenvalue weighted by molar-refractivity contribution is -0.140. The Kier molecular flexibility index (Phi) is 3.69. The molecule has 0 fully saturated rings. The van der Waals surface area contributed by atoms with Gasteiger partial charge in [-0.2, -0.15) is 5.10 Å². The summed E-state index contributed by atoms with van der Waals surface area (Å²) in [6.07, 6.45) is 2.01. The molecule has 106 valence electrons. The normalized spacial score (nSPS) is 10.8. The Bertz CT molecular complexity index is 690. The number of esters is 1. The van der Waals surface area contributed by atoms with E-state index in [1.54, 1.807) is 6.92 Å². The molecule has 7 heteroatoms. The first-order valence-corrected chi connectivity index (χ1v) is 6.09. The average molecular weight is 277 g/mol. The molecule has 0 amide bonds. The summed E-state index contributed by atoms with van der Waals surface area (Å²) in [5.41, 5.74) is 2.73. The number of carboxylic acid groups (broad SMARTS) is 1. The lowest BCUT2D eigenvalue weighted by atomic mass is 10.1. The lowest BCUT2D eigenvalue weighted by Gasteiger charge is -2.10. The van der Waals surface area contributed by atoms with Crippen LogP contribution in [0, 0.1) is 13.8 Å². The summed E-state index contributed by atoms with van der Waals surface area (Å²) in [7, 11) is 1.34. The van der Waals surface area contributed by atoms with Crippen LogP contribution in [0.3, 0.4) is 0 Å². The number of nitrogens with zero attached hydrogens (tertiary/aromatic N) is 3. The maximum absolute atomic E-state index is 11.2. The largest absolute Gasteiger partial charge is 0.477 e. The molecule has 0 saturated carbocycles. The molecule has 20 heavy (non-hydrogen) atoms. The molecule has 0 aliphatic heterocycles. The number of fused-ring (bicyclic) bond motifs is 1. The topological polar surface area (TPSA) is 93.8 Å². The second kappa shape index (κ2) is 5.28. The molecule has 0 radical (unpaired) electrons. The first-order valence-electron chi connectivity index (χ1n) is 6.09. The van der Waals surface area contributed by atoms with Gasteiger partial charge in [0.15, 0.2) is 5.65 Å². The summed E-state index contributed by atoms with van der Waals surface area (Å²) in [6, 6.07) is 0. The van der Waals surface area contributed by atoms with Gasteiger partial charge < -0.3 is 9.84 Å². The molecule has 0 saturated heterocycles. The number of carbonyl (C=O) groups excluding carboxylic acids is 1. The van der Waals surface area contributed by atoms with E-state index in [0.717, 1.165) is 11.3 Å². The third kappa shape index (κ3) is 2.34. The van der Waals surface area contributed by atoms with E-state index in [0.29, 0.717) is 17.8 Å². The Morgan fingerprint density at radius 3 is 2.70 bits per heavy atom. The van der Waals surface area contributed by atoms with Gasteiger partial charge in [0.2, 0.25) is 0 Å². The number of carboxylic acids is 1. The molecule has 7 nitrogen and oxygen atoms in total. The Morgan fingerprint density at radius 1 is 1.40 bits per heavy atom. The molecule has 0 atom stereocenters. The van der Waals surface area contributed by atoms with Crippen molar-refractivity contribution in [2.45, 2.75) is 26.7 Å². The van der Waals surface area contributed by atoms with Crippen LogP contribution in [0.5, 0.6) is 0 Å². The third-order valence-corrected chi connectivity index (χ3v) is 3.25. The summed E-state index contributed by atoms with van der Waals surface area (Å²) in [5.74, 6) is -1.36. The van der Waals surface area contributed by atoms with E-state index < -0.39 is 5.97 Å². The van der Waals surface area contributed by atoms with Crippen molar-refractivity contribution in [1.82, 2.24) is 14.6 Å². The highest BCUT2D eigenvalue weighted by Crippen LogP contribution is 2.18. The molecule has 0 spiro atoms. The molecule has 2 aromatic heterocycles. The maximum atomic E-state index is 11.2. The standard InChI is InChI=1S/C13H15N3O4/c1-7-9(4-5-11(17)20-3)8(2)16-12(15-7)10(6-14-16)13(18)19/h6H,4-5H2,1-3H3,(H,18,19). The molecule has 2 heterocycles. The summed E-state index contributed by atoms with van der Waals surface area (Å²) in [6.45, 7) is 3.62. The molecular formula is C13H15N3O4. The molecular weight excluding hydrogens is 262 g/mol. The molecule has 1 N–H and O–H groups in total. The van der Waals surface area contributed by atoms with Crippen LogP contribution in [-0.4, -0.2) is 38.8 Å². The maximum Gasteiger partial charge on any atom is 0.341 e. The fourth-order valence-electron chi connectivity index (χ4n) is 2.15. The van der Waals surface area contributed by atoms with E-state index in [-0.39, 0.29) is 18.0 Å². The SMILES string of the molecule is COC(=O)CCc1c(C)nc2c(C(=O)O)cnn2c1C. The van der Waals surface area contributed by atoms with E-state index in [2.05, 4.69) is 14.8 Å². The third-order valence-electron chi connectivity index (χ3n) is 3.25. The van der Waals surface area contributed by atoms with Gasteiger partial charge in [0.05, 0.1) is 13.3 Å². The van der Waals surface area contributed by atoms with Crippen molar-refractivity contribution < 1.29 is 19.4 Å². The number of rotatable bonds is 4. The zero-order valence-electron chi connectivity index (χ0n) is 11.5. The van der Waals surface area contributed by atoms with Crippen molar-refractivity contribution in [3.05, 3.63) is 28.7 Å².